The molecule has 0 bridgehead atoms. The summed E-state index contributed by atoms with van der Waals surface area (Å²) in [4.78, 5) is 38.2. The number of hydrogen-bond acceptors (Lipinski definition) is 5. The quantitative estimate of drug-likeness (QED) is 0.784. The summed E-state index contributed by atoms with van der Waals surface area (Å²) in [6.45, 7) is 1.85. The number of nitrogens with zero attached hydrogens (tertiary/aromatic N) is 2. The molecule has 8 nitrogen and oxygen atoms in total. The van der Waals surface area contributed by atoms with Crippen molar-refractivity contribution in [2.24, 2.45) is 0 Å². The molecule has 1 atom stereocenters. The van der Waals surface area contributed by atoms with Crippen LogP contribution in [0.1, 0.15) is 41.7 Å². The van der Waals surface area contributed by atoms with Crippen molar-refractivity contribution in [3.63, 3.8) is 0 Å². The Bertz CT molecular complexity index is 1080. The third-order valence-corrected chi connectivity index (χ3v) is 6.24. The van der Waals surface area contributed by atoms with Crippen LogP contribution in [-0.4, -0.2) is 44.3 Å². The van der Waals surface area contributed by atoms with Crippen LogP contribution in [0.5, 0.6) is 0 Å². The zero-order chi connectivity index (χ0) is 22.1. The van der Waals surface area contributed by atoms with Crippen LogP contribution in [0.2, 0.25) is 0 Å². The molecule has 3 rings (SSSR count). The van der Waals surface area contributed by atoms with E-state index in [9.17, 15) is 22.8 Å². The van der Waals surface area contributed by atoms with Gasteiger partial charge in [0, 0.05) is 31.7 Å². The van der Waals surface area contributed by atoms with E-state index in [1.54, 1.807) is 48.3 Å². The first-order valence-electron chi connectivity index (χ1n) is 9.37. The minimum atomic E-state index is -3.28. The zero-order valence-corrected chi connectivity index (χ0v) is 17.8. The highest BCUT2D eigenvalue weighted by Gasteiger charge is 2.25. The molecule has 0 aliphatic carbocycles. The van der Waals surface area contributed by atoms with Gasteiger partial charge in [0.1, 0.15) is 0 Å². The molecule has 1 unspecified atom stereocenters. The molecule has 1 heterocycles. The van der Waals surface area contributed by atoms with Gasteiger partial charge >= 0.3 is 0 Å². The van der Waals surface area contributed by atoms with Crippen molar-refractivity contribution in [1.82, 2.24) is 10.3 Å². The van der Waals surface area contributed by atoms with Crippen molar-refractivity contribution in [2.45, 2.75) is 30.7 Å². The number of sulfone groups is 1. The van der Waals surface area contributed by atoms with Gasteiger partial charge in [0.25, 0.3) is 5.91 Å². The highest BCUT2D eigenvalue weighted by molar-refractivity contribution is 7.90. The number of hydrogen-bond donors (Lipinski definition) is 1. The number of carbonyl (C=O) groups excluding carboxylic acids is 3. The van der Waals surface area contributed by atoms with Crippen LogP contribution in [0.4, 0.5) is 5.69 Å². The van der Waals surface area contributed by atoms with Gasteiger partial charge in [-0.2, -0.15) is 0 Å². The van der Waals surface area contributed by atoms with E-state index < -0.39 is 9.84 Å². The van der Waals surface area contributed by atoms with Crippen LogP contribution in [0.25, 0.3) is 0 Å². The average molecular weight is 429 g/mol. The fourth-order valence-electron chi connectivity index (χ4n) is 3.13. The van der Waals surface area contributed by atoms with Crippen LogP contribution in [0.3, 0.4) is 0 Å². The van der Waals surface area contributed by atoms with Crippen LogP contribution >= 0.6 is 0 Å². The molecule has 2 aromatic rings. The Kier molecular flexibility index (Phi) is 5.93. The van der Waals surface area contributed by atoms with Gasteiger partial charge in [0.05, 0.1) is 16.6 Å². The topological polar surface area (TPSA) is 104 Å². The number of amides is 3. The lowest BCUT2D eigenvalue weighted by atomic mass is 10.1. The van der Waals surface area contributed by atoms with Gasteiger partial charge in [0.15, 0.2) is 9.84 Å². The molecule has 158 valence electrons. The van der Waals surface area contributed by atoms with Gasteiger partial charge < -0.3 is 4.90 Å². The summed E-state index contributed by atoms with van der Waals surface area (Å²) in [5, 5.41) is 1.19. The molecule has 0 radical (unpaired) electrons. The molecule has 3 amide bonds. The molecule has 1 aliphatic rings. The van der Waals surface area contributed by atoms with Crippen molar-refractivity contribution >= 4 is 33.2 Å². The maximum atomic E-state index is 12.9. The predicted octanol–water partition coefficient (Wildman–Crippen LogP) is 2.08. The maximum Gasteiger partial charge on any atom is 0.254 e. The van der Waals surface area contributed by atoms with E-state index in [2.05, 4.69) is 5.43 Å². The van der Waals surface area contributed by atoms with E-state index in [1.807, 2.05) is 6.92 Å². The summed E-state index contributed by atoms with van der Waals surface area (Å²) >= 11 is 0. The minimum absolute atomic E-state index is 0.144. The Labute approximate surface area is 175 Å². The second-order valence-corrected chi connectivity index (χ2v) is 9.26. The summed E-state index contributed by atoms with van der Waals surface area (Å²) in [5.74, 6) is -0.669. The summed E-state index contributed by atoms with van der Waals surface area (Å²) in [5.41, 5.74) is 4.23. The number of anilines is 1. The van der Waals surface area contributed by atoms with Crippen LogP contribution in [0.15, 0.2) is 53.4 Å². The van der Waals surface area contributed by atoms with Gasteiger partial charge in [-0.15, -0.1) is 0 Å². The first kappa shape index (κ1) is 21.5. The smallest absolute Gasteiger partial charge is 0.254 e. The fourth-order valence-corrected chi connectivity index (χ4v) is 3.76. The predicted molar refractivity (Wildman–Crippen MR) is 111 cm³/mol. The largest absolute Gasteiger partial charge is 0.335 e. The van der Waals surface area contributed by atoms with Crippen molar-refractivity contribution in [1.29, 1.82) is 0 Å². The van der Waals surface area contributed by atoms with Crippen LogP contribution < -0.4 is 10.4 Å². The Balaban J connectivity index is 1.74. The SMILES string of the molecule is CC(c1ccc(S(C)(=O)=O)cc1)N(C)C(=O)c1ccc(N2NC(=O)CCC2=O)cc1. The zero-order valence-electron chi connectivity index (χ0n) is 17.0. The van der Waals surface area contributed by atoms with E-state index in [0.29, 0.717) is 11.3 Å². The highest BCUT2D eigenvalue weighted by atomic mass is 32.2. The molecule has 2 aromatic carbocycles. The van der Waals surface area contributed by atoms with E-state index in [0.717, 1.165) is 11.8 Å². The lowest BCUT2D eigenvalue weighted by Crippen LogP contribution is -2.50. The number of nitrogens with one attached hydrogen (secondary N) is 1. The van der Waals surface area contributed by atoms with Crippen LogP contribution in [0, 0.1) is 0 Å². The summed E-state index contributed by atoms with van der Waals surface area (Å²) in [6, 6.07) is 12.6. The summed E-state index contributed by atoms with van der Waals surface area (Å²) < 4.78 is 23.2. The van der Waals surface area contributed by atoms with E-state index in [-0.39, 0.29) is 41.5 Å². The third kappa shape index (κ3) is 4.51. The Hall–Kier alpha value is -3.20. The second-order valence-electron chi connectivity index (χ2n) is 7.24. The highest BCUT2D eigenvalue weighted by Crippen LogP contribution is 2.24. The molecule has 1 saturated heterocycles. The van der Waals surface area contributed by atoms with Gasteiger partial charge in [-0.25, -0.2) is 13.4 Å². The standard InChI is InChI=1S/C21H23N3O5S/c1-14(15-6-10-18(11-7-15)30(3,28)29)23(2)21(27)16-4-8-17(9-5-16)24-20(26)13-12-19(25)22-24/h4-11,14H,12-13H2,1-3H3,(H,22,25). The molecule has 0 aromatic heterocycles. The molecule has 0 spiro atoms. The Morgan fingerprint density at radius 2 is 1.63 bits per heavy atom. The summed E-state index contributed by atoms with van der Waals surface area (Å²) in [7, 11) is -1.61. The molecule has 30 heavy (non-hydrogen) atoms. The molecule has 0 saturated carbocycles. The maximum absolute atomic E-state index is 12.9. The summed E-state index contributed by atoms with van der Waals surface area (Å²) in [6.07, 6.45) is 1.46. The Morgan fingerprint density at radius 1 is 1.03 bits per heavy atom. The van der Waals surface area contributed by atoms with Crippen LogP contribution in [-0.2, 0) is 19.4 Å². The normalized spacial score (nSPS) is 15.5. The fraction of sp³-hybridized carbons (Fsp3) is 0.286. The molecule has 1 aliphatic heterocycles. The minimum Gasteiger partial charge on any atom is -0.335 e. The first-order chi connectivity index (χ1) is 14.1. The first-order valence-corrected chi connectivity index (χ1v) is 11.3. The van der Waals surface area contributed by atoms with Crippen molar-refractivity contribution in [3.8, 4) is 0 Å². The number of carbonyl (C=O) groups is 3. The third-order valence-electron chi connectivity index (χ3n) is 5.12. The molecular weight excluding hydrogens is 406 g/mol. The van der Waals surface area contributed by atoms with E-state index in [4.69, 9.17) is 0 Å². The van der Waals surface area contributed by atoms with Gasteiger partial charge in [-0.3, -0.25) is 19.8 Å². The van der Waals surface area contributed by atoms with Gasteiger partial charge in [-0.05, 0) is 48.9 Å². The van der Waals surface area contributed by atoms with Gasteiger partial charge in [-0.1, -0.05) is 12.1 Å². The van der Waals surface area contributed by atoms with Crippen molar-refractivity contribution in [3.05, 3.63) is 59.7 Å². The molecule has 9 heteroatoms. The molecular formula is C21H23N3O5S. The second kappa shape index (κ2) is 8.27. The number of hydrazine groups is 1. The van der Waals surface area contributed by atoms with E-state index in [1.165, 1.54) is 17.1 Å². The number of benzene rings is 2. The molecule has 1 fully saturated rings. The lowest BCUT2D eigenvalue weighted by Gasteiger charge is -2.28. The van der Waals surface area contributed by atoms with E-state index >= 15 is 0 Å². The van der Waals surface area contributed by atoms with Crippen molar-refractivity contribution < 1.29 is 22.8 Å². The average Bonchev–Trinajstić information content (AvgIpc) is 2.73. The number of rotatable bonds is 5. The van der Waals surface area contributed by atoms with Gasteiger partial charge in [0.2, 0.25) is 11.8 Å². The van der Waals surface area contributed by atoms with Crippen molar-refractivity contribution in [2.75, 3.05) is 18.3 Å². The monoisotopic (exact) mass is 429 g/mol. The Morgan fingerprint density at radius 3 is 2.20 bits per heavy atom. The lowest BCUT2D eigenvalue weighted by molar-refractivity contribution is -0.130. The molecule has 1 N–H and O–H groups in total.